The Kier molecular flexibility index (Phi) is 4.82. The highest BCUT2D eigenvalue weighted by atomic mass is 35.5. The van der Waals surface area contributed by atoms with Crippen LogP contribution in [0, 0.1) is 18.6 Å². The van der Waals surface area contributed by atoms with Crippen molar-refractivity contribution in [3.8, 4) is 11.1 Å². The van der Waals surface area contributed by atoms with Crippen LogP contribution >= 0.6 is 12.4 Å². The molecule has 4 heteroatoms. The SMILES string of the molecule is Cc1ccc(-c2ccc(CN)cc2)c(F)c1F.Cl. The Balaban J connectivity index is 0.00000162. The predicted molar refractivity (Wildman–Crippen MR) is 71.7 cm³/mol. The van der Waals surface area contributed by atoms with Crippen molar-refractivity contribution in [1.82, 2.24) is 0 Å². The van der Waals surface area contributed by atoms with Gasteiger partial charge in [-0.25, -0.2) is 8.78 Å². The van der Waals surface area contributed by atoms with E-state index < -0.39 is 11.6 Å². The number of hydrogen-bond acceptors (Lipinski definition) is 1. The van der Waals surface area contributed by atoms with Gasteiger partial charge in [0.2, 0.25) is 0 Å². The van der Waals surface area contributed by atoms with E-state index in [2.05, 4.69) is 0 Å². The van der Waals surface area contributed by atoms with Crippen molar-refractivity contribution >= 4 is 12.4 Å². The number of benzene rings is 2. The van der Waals surface area contributed by atoms with Gasteiger partial charge in [0.1, 0.15) is 0 Å². The number of halogens is 3. The highest BCUT2D eigenvalue weighted by Gasteiger charge is 2.12. The van der Waals surface area contributed by atoms with E-state index in [-0.39, 0.29) is 18.0 Å². The Bertz CT molecular complexity index is 538. The van der Waals surface area contributed by atoms with Crippen LogP contribution in [0.4, 0.5) is 8.78 Å². The first-order valence-electron chi connectivity index (χ1n) is 5.37. The van der Waals surface area contributed by atoms with Gasteiger partial charge in [0.15, 0.2) is 11.6 Å². The largest absolute Gasteiger partial charge is 0.326 e. The van der Waals surface area contributed by atoms with E-state index in [4.69, 9.17) is 5.73 Å². The van der Waals surface area contributed by atoms with E-state index in [0.717, 1.165) is 5.56 Å². The maximum Gasteiger partial charge on any atom is 0.166 e. The third kappa shape index (κ3) is 2.68. The third-order valence-corrected chi connectivity index (χ3v) is 2.78. The van der Waals surface area contributed by atoms with E-state index >= 15 is 0 Å². The standard InChI is InChI=1S/C14H13F2N.ClH/c1-9-2-7-12(14(16)13(9)15)11-5-3-10(8-17)4-6-11;/h2-7H,8,17H2,1H3;1H. The van der Waals surface area contributed by atoms with Gasteiger partial charge in [-0.2, -0.15) is 0 Å². The van der Waals surface area contributed by atoms with Crippen LogP contribution in [0.3, 0.4) is 0 Å². The number of nitrogens with two attached hydrogens (primary N) is 1. The maximum atomic E-state index is 13.7. The fourth-order valence-electron chi connectivity index (χ4n) is 1.69. The lowest BCUT2D eigenvalue weighted by atomic mass is 10.0. The highest BCUT2D eigenvalue weighted by Crippen LogP contribution is 2.26. The Hall–Kier alpha value is -1.45. The lowest BCUT2D eigenvalue weighted by Crippen LogP contribution is -1.96. The maximum absolute atomic E-state index is 13.7. The van der Waals surface area contributed by atoms with Crippen LogP contribution in [-0.2, 0) is 6.54 Å². The summed E-state index contributed by atoms with van der Waals surface area (Å²) >= 11 is 0. The molecule has 0 aliphatic rings. The van der Waals surface area contributed by atoms with Gasteiger partial charge < -0.3 is 5.73 Å². The summed E-state index contributed by atoms with van der Waals surface area (Å²) in [7, 11) is 0. The molecular weight excluding hydrogens is 256 g/mol. The molecule has 0 radical (unpaired) electrons. The minimum atomic E-state index is -0.800. The summed E-state index contributed by atoms with van der Waals surface area (Å²) in [6, 6.07) is 10.3. The van der Waals surface area contributed by atoms with E-state index in [9.17, 15) is 8.78 Å². The summed E-state index contributed by atoms with van der Waals surface area (Å²) < 4.78 is 27.2. The molecule has 0 bridgehead atoms. The molecule has 0 heterocycles. The monoisotopic (exact) mass is 269 g/mol. The topological polar surface area (TPSA) is 26.0 Å². The molecule has 0 aliphatic heterocycles. The molecule has 0 fully saturated rings. The third-order valence-electron chi connectivity index (χ3n) is 2.78. The van der Waals surface area contributed by atoms with Gasteiger partial charge in [0.05, 0.1) is 0 Å². The summed E-state index contributed by atoms with van der Waals surface area (Å²) in [5.74, 6) is -1.59. The smallest absolute Gasteiger partial charge is 0.166 e. The molecule has 0 spiro atoms. The Morgan fingerprint density at radius 2 is 1.56 bits per heavy atom. The van der Waals surface area contributed by atoms with Crippen molar-refractivity contribution in [2.24, 2.45) is 5.73 Å². The van der Waals surface area contributed by atoms with E-state index in [1.54, 1.807) is 31.2 Å². The molecule has 2 aromatic rings. The minimum Gasteiger partial charge on any atom is -0.326 e. The summed E-state index contributed by atoms with van der Waals surface area (Å²) in [5.41, 5.74) is 7.67. The summed E-state index contributed by atoms with van der Waals surface area (Å²) in [6.07, 6.45) is 0. The van der Waals surface area contributed by atoms with Gasteiger partial charge in [-0.1, -0.05) is 36.4 Å². The molecule has 2 N–H and O–H groups in total. The van der Waals surface area contributed by atoms with E-state index in [0.29, 0.717) is 17.7 Å². The molecule has 0 saturated heterocycles. The van der Waals surface area contributed by atoms with Gasteiger partial charge in [0.25, 0.3) is 0 Å². The van der Waals surface area contributed by atoms with Crippen molar-refractivity contribution < 1.29 is 8.78 Å². The molecule has 2 aromatic carbocycles. The molecule has 96 valence electrons. The molecular formula is C14H14ClF2N. The van der Waals surface area contributed by atoms with Crippen LogP contribution in [0.2, 0.25) is 0 Å². The zero-order valence-corrected chi connectivity index (χ0v) is 10.7. The molecule has 2 rings (SSSR count). The normalized spacial score (nSPS) is 10.0. The van der Waals surface area contributed by atoms with E-state index in [1.165, 1.54) is 0 Å². The Labute approximate surface area is 111 Å². The zero-order chi connectivity index (χ0) is 12.4. The summed E-state index contributed by atoms with van der Waals surface area (Å²) in [5, 5.41) is 0. The highest BCUT2D eigenvalue weighted by molar-refractivity contribution is 5.85. The fourth-order valence-corrected chi connectivity index (χ4v) is 1.69. The molecule has 0 unspecified atom stereocenters. The van der Waals surface area contributed by atoms with Crippen LogP contribution in [-0.4, -0.2) is 0 Å². The van der Waals surface area contributed by atoms with Crippen molar-refractivity contribution in [3.63, 3.8) is 0 Å². The van der Waals surface area contributed by atoms with Crippen molar-refractivity contribution in [2.75, 3.05) is 0 Å². The average Bonchev–Trinajstić information content (AvgIpc) is 2.36. The van der Waals surface area contributed by atoms with Crippen molar-refractivity contribution in [3.05, 3.63) is 59.2 Å². The van der Waals surface area contributed by atoms with Gasteiger partial charge in [-0.15, -0.1) is 12.4 Å². The lowest BCUT2D eigenvalue weighted by Gasteiger charge is -2.07. The summed E-state index contributed by atoms with van der Waals surface area (Å²) in [6.45, 7) is 1.98. The Morgan fingerprint density at radius 1 is 0.944 bits per heavy atom. The number of rotatable bonds is 2. The van der Waals surface area contributed by atoms with Gasteiger partial charge in [-0.3, -0.25) is 0 Å². The van der Waals surface area contributed by atoms with Crippen LogP contribution < -0.4 is 5.73 Å². The molecule has 0 atom stereocenters. The second kappa shape index (κ2) is 5.94. The van der Waals surface area contributed by atoms with Crippen LogP contribution in [0.25, 0.3) is 11.1 Å². The van der Waals surface area contributed by atoms with Gasteiger partial charge in [0, 0.05) is 12.1 Å². The molecule has 0 aromatic heterocycles. The number of aryl methyl sites for hydroxylation is 1. The number of hydrogen-bond donors (Lipinski definition) is 1. The molecule has 0 amide bonds. The first kappa shape index (κ1) is 14.6. The molecule has 0 aliphatic carbocycles. The Morgan fingerprint density at radius 3 is 2.11 bits per heavy atom. The fraction of sp³-hybridized carbons (Fsp3) is 0.143. The zero-order valence-electron chi connectivity index (χ0n) is 9.91. The minimum absolute atomic E-state index is 0. The first-order chi connectivity index (χ1) is 8.13. The predicted octanol–water partition coefficient (Wildman–Crippen LogP) is 3.82. The lowest BCUT2D eigenvalue weighted by molar-refractivity contribution is 0.505. The van der Waals surface area contributed by atoms with Crippen molar-refractivity contribution in [1.29, 1.82) is 0 Å². The van der Waals surface area contributed by atoms with Crippen molar-refractivity contribution in [2.45, 2.75) is 13.5 Å². The first-order valence-corrected chi connectivity index (χ1v) is 5.37. The summed E-state index contributed by atoms with van der Waals surface area (Å²) in [4.78, 5) is 0. The van der Waals surface area contributed by atoms with Crippen LogP contribution in [0.15, 0.2) is 36.4 Å². The quantitative estimate of drug-likeness (QED) is 0.881. The van der Waals surface area contributed by atoms with E-state index in [1.807, 2.05) is 12.1 Å². The molecule has 18 heavy (non-hydrogen) atoms. The van der Waals surface area contributed by atoms with Crippen LogP contribution in [0.1, 0.15) is 11.1 Å². The second-order valence-electron chi connectivity index (χ2n) is 3.96. The second-order valence-corrected chi connectivity index (χ2v) is 3.96. The van der Waals surface area contributed by atoms with Crippen LogP contribution in [0.5, 0.6) is 0 Å². The average molecular weight is 270 g/mol. The molecule has 0 saturated carbocycles. The van der Waals surface area contributed by atoms with Gasteiger partial charge >= 0.3 is 0 Å². The molecule has 1 nitrogen and oxygen atoms in total. The van der Waals surface area contributed by atoms with Gasteiger partial charge in [-0.05, 0) is 23.6 Å².